The van der Waals surface area contributed by atoms with Gasteiger partial charge in [0.25, 0.3) is 10.0 Å². The second-order valence-electron chi connectivity index (χ2n) is 6.32. The van der Waals surface area contributed by atoms with E-state index in [1.165, 1.54) is 4.41 Å². The van der Waals surface area contributed by atoms with Crippen molar-refractivity contribution in [3.63, 3.8) is 0 Å². The number of rotatable bonds is 4. The van der Waals surface area contributed by atoms with Gasteiger partial charge in [-0.15, -0.1) is 0 Å². The summed E-state index contributed by atoms with van der Waals surface area (Å²) in [6, 6.07) is 10.3. The van der Waals surface area contributed by atoms with Crippen LogP contribution in [0.3, 0.4) is 0 Å². The molecule has 1 aliphatic rings. The first kappa shape index (κ1) is 16.5. The van der Waals surface area contributed by atoms with Crippen molar-refractivity contribution in [3.8, 4) is 0 Å². The number of hydrogen-bond acceptors (Lipinski definition) is 4. The number of aryl methyl sites for hydroxylation is 1. The average molecular weight is 344 g/mol. The van der Waals surface area contributed by atoms with Crippen LogP contribution >= 0.6 is 0 Å². The molecule has 0 amide bonds. The van der Waals surface area contributed by atoms with Crippen molar-refractivity contribution in [2.75, 3.05) is 0 Å². The summed E-state index contributed by atoms with van der Waals surface area (Å²) in [6.45, 7) is 9.55. The summed E-state index contributed by atoms with van der Waals surface area (Å²) in [5, 5.41) is 4.38. The van der Waals surface area contributed by atoms with E-state index in [2.05, 4.69) is 11.7 Å². The van der Waals surface area contributed by atoms with Crippen LogP contribution in [0, 0.1) is 6.92 Å². The first-order chi connectivity index (χ1) is 11.2. The molecule has 2 aromatic rings. The minimum atomic E-state index is -3.79. The van der Waals surface area contributed by atoms with Gasteiger partial charge in [0.2, 0.25) is 0 Å². The molecule has 0 bridgehead atoms. The van der Waals surface area contributed by atoms with Gasteiger partial charge in [0.1, 0.15) is 11.5 Å². The van der Waals surface area contributed by atoms with Gasteiger partial charge in [-0.25, -0.2) is 0 Å². The molecule has 0 saturated heterocycles. The number of sulfonamides is 1. The molecule has 1 aromatic carbocycles. The van der Waals surface area contributed by atoms with Gasteiger partial charge in [0, 0.05) is 6.42 Å². The Kier molecular flexibility index (Phi) is 3.87. The van der Waals surface area contributed by atoms with E-state index in [0.29, 0.717) is 17.9 Å². The Balaban J connectivity index is 2.11. The van der Waals surface area contributed by atoms with Gasteiger partial charge in [-0.05, 0) is 45.0 Å². The fourth-order valence-electron chi connectivity index (χ4n) is 2.67. The summed E-state index contributed by atoms with van der Waals surface area (Å²) < 4.78 is 32.8. The fraction of sp³-hybridized carbons (Fsp3) is 0.278. The van der Waals surface area contributed by atoms with Crippen LogP contribution in [0.4, 0.5) is 0 Å². The Morgan fingerprint density at radius 1 is 1.29 bits per heavy atom. The van der Waals surface area contributed by atoms with E-state index >= 15 is 0 Å². The van der Waals surface area contributed by atoms with Gasteiger partial charge >= 0.3 is 0 Å². The summed E-state index contributed by atoms with van der Waals surface area (Å²) in [6.07, 6.45) is 1.97. The Bertz CT molecular complexity index is 896. The van der Waals surface area contributed by atoms with Crippen molar-refractivity contribution >= 4 is 15.7 Å². The first-order valence-electron chi connectivity index (χ1n) is 7.64. The molecule has 0 aliphatic carbocycles. The molecular formula is C18H20N2O3S. The first-order valence-corrected chi connectivity index (χ1v) is 9.08. The highest BCUT2D eigenvalue weighted by atomic mass is 32.2. The van der Waals surface area contributed by atoms with Crippen molar-refractivity contribution in [2.45, 2.75) is 37.6 Å². The van der Waals surface area contributed by atoms with Crippen molar-refractivity contribution in [3.05, 3.63) is 66.1 Å². The minimum Gasteiger partial charge on any atom is -0.463 e. The molecule has 24 heavy (non-hydrogen) atoms. The van der Waals surface area contributed by atoms with Gasteiger partial charge in [0.15, 0.2) is 0 Å². The standard InChI is InChI=1S/C18H20N2O3S/c1-13(2)18(4)12-16(17-6-5-11-23-17)19-20(18)24(21,22)15-9-7-14(3)8-10-15/h5-11H,1,12H2,2-4H3/t18-/m1/s1. The lowest BCUT2D eigenvalue weighted by Crippen LogP contribution is -2.44. The maximum atomic E-state index is 13.1. The predicted octanol–water partition coefficient (Wildman–Crippen LogP) is 3.72. The summed E-state index contributed by atoms with van der Waals surface area (Å²) in [5.74, 6) is 0.573. The van der Waals surface area contributed by atoms with E-state index in [0.717, 1.165) is 11.1 Å². The van der Waals surface area contributed by atoms with E-state index in [1.807, 2.05) is 20.8 Å². The van der Waals surface area contributed by atoms with Crippen LogP contribution in [-0.4, -0.2) is 24.1 Å². The SMILES string of the molecule is C=C(C)[C@@]1(C)CC(c2ccco2)=NN1S(=O)(=O)c1ccc(C)cc1. The summed E-state index contributed by atoms with van der Waals surface area (Å²) in [7, 11) is -3.79. The van der Waals surface area contributed by atoms with Crippen LogP contribution in [0.15, 0.2) is 69.2 Å². The van der Waals surface area contributed by atoms with Crippen LogP contribution in [0.1, 0.15) is 31.6 Å². The number of nitrogens with zero attached hydrogens (tertiary/aromatic N) is 2. The minimum absolute atomic E-state index is 0.213. The molecule has 1 aliphatic heterocycles. The largest absolute Gasteiger partial charge is 0.463 e. The summed E-state index contributed by atoms with van der Waals surface area (Å²) >= 11 is 0. The number of hydrogen-bond donors (Lipinski definition) is 0. The smallest absolute Gasteiger partial charge is 0.279 e. The third-order valence-corrected chi connectivity index (χ3v) is 6.22. The molecule has 5 nitrogen and oxygen atoms in total. The highest BCUT2D eigenvalue weighted by Gasteiger charge is 2.47. The Labute approximate surface area is 142 Å². The molecule has 0 spiro atoms. The van der Waals surface area contributed by atoms with Crippen molar-refractivity contribution in [1.82, 2.24) is 4.41 Å². The third-order valence-electron chi connectivity index (χ3n) is 4.42. The molecule has 6 heteroatoms. The second-order valence-corrected chi connectivity index (χ2v) is 8.08. The van der Waals surface area contributed by atoms with Crippen molar-refractivity contribution in [2.24, 2.45) is 5.10 Å². The molecule has 3 rings (SSSR count). The quantitative estimate of drug-likeness (QED) is 0.794. The average Bonchev–Trinajstić information content (AvgIpc) is 3.15. The lowest BCUT2D eigenvalue weighted by molar-refractivity contribution is 0.289. The number of benzene rings is 1. The molecular weight excluding hydrogens is 324 g/mol. The summed E-state index contributed by atoms with van der Waals surface area (Å²) in [4.78, 5) is 0.213. The number of furan rings is 1. The molecule has 1 aromatic heterocycles. The maximum Gasteiger partial charge on any atom is 0.279 e. The van der Waals surface area contributed by atoms with E-state index in [9.17, 15) is 8.42 Å². The van der Waals surface area contributed by atoms with Crippen LogP contribution in [0.2, 0.25) is 0 Å². The number of hydrazone groups is 1. The topological polar surface area (TPSA) is 62.9 Å². The van der Waals surface area contributed by atoms with Gasteiger partial charge < -0.3 is 4.42 Å². The Hall–Kier alpha value is -2.34. The third kappa shape index (κ3) is 2.57. The molecule has 1 atom stereocenters. The summed E-state index contributed by atoms with van der Waals surface area (Å²) in [5.41, 5.74) is 1.49. The van der Waals surface area contributed by atoms with Crippen LogP contribution in [0.25, 0.3) is 0 Å². The second kappa shape index (κ2) is 5.63. The predicted molar refractivity (Wildman–Crippen MR) is 93.3 cm³/mol. The maximum absolute atomic E-state index is 13.1. The molecule has 0 radical (unpaired) electrons. The zero-order valence-corrected chi connectivity index (χ0v) is 14.8. The molecule has 0 saturated carbocycles. The highest BCUT2D eigenvalue weighted by molar-refractivity contribution is 7.89. The van der Waals surface area contributed by atoms with Gasteiger partial charge in [-0.1, -0.05) is 29.8 Å². The normalized spacial score (nSPS) is 21.0. The van der Waals surface area contributed by atoms with Crippen LogP contribution < -0.4 is 0 Å². The van der Waals surface area contributed by atoms with Crippen molar-refractivity contribution < 1.29 is 12.8 Å². The zero-order valence-electron chi connectivity index (χ0n) is 14.0. The van der Waals surface area contributed by atoms with Crippen LogP contribution in [0.5, 0.6) is 0 Å². The van der Waals surface area contributed by atoms with E-state index < -0.39 is 15.6 Å². The fourth-order valence-corrected chi connectivity index (χ4v) is 4.31. The Morgan fingerprint density at radius 2 is 1.96 bits per heavy atom. The molecule has 2 heterocycles. The lowest BCUT2D eigenvalue weighted by Gasteiger charge is -2.33. The molecule has 0 fully saturated rings. The monoisotopic (exact) mass is 344 g/mol. The lowest BCUT2D eigenvalue weighted by atomic mass is 9.89. The Morgan fingerprint density at radius 3 is 2.50 bits per heavy atom. The highest BCUT2D eigenvalue weighted by Crippen LogP contribution is 2.39. The van der Waals surface area contributed by atoms with Crippen molar-refractivity contribution in [1.29, 1.82) is 0 Å². The van der Waals surface area contributed by atoms with Crippen LogP contribution in [-0.2, 0) is 10.0 Å². The van der Waals surface area contributed by atoms with E-state index in [1.54, 1.807) is 42.7 Å². The van der Waals surface area contributed by atoms with Gasteiger partial charge in [-0.3, -0.25) is 0 Å². The zero-order chi connectivity index (χ0) is 17.5. The van der Waals surface area contributed by atoms with E-state index in [4.69, 9.17) is 4.42 Å². The molecule has 0 unspecified atom stereocenters. The molecule has 126 valence electrons. The molecule has 0 N–H and O–H groups in total. The van der Waals surface area contributed by atoms with Gasteiger partial charge in [-0.2, -0.15) is 17.9 Å². The van der Waals surface area contributed by atoms with E-state index in [-0.39, 0.29) is 4.90 Å². The van der Waals surface area contributed by atoms with Gasteiger partial charge in [0.05, 0.1) is 16.7 Å².